The molecule has 1 fully saturated rings. The van der Waals surface area contributed by atoms with Gasteiger partial charge in [-0.1, -0.05) is 42.5 Å². The highest BCUT2D eigenvalue weighted by atomic mass is 32.2. The number of benzene rings is 2. The number of methoxy groups -OCH3 is 1. The molecule has 0 saturated carbocycles. The first-order valence-electron chi connectivity index (χ1n) is 9.11. The highest BCUT2D eigenvalue weighted by Crippen LogP contribution is 2.16. The van der Waals surface area contributed by atoms with E-state index >= 15 is 0 Å². The van der Waals surface area contributed by atoms with Crippen molar-refractivity contribution in [2.75, 3.05) is 33.3 Å². The summed E-state index contributed by atoms with van der Waals surface area (Å²) in [7, 11) is -1.79. The van der Waals surface area contributed by atoms with Crippen LogP contribution in [0, 0.1) is 0 Å². The number of carbonyl (C=O) groups is 1. The van der Waals surface area contributed by atoms with Gasteiger partial charge in [0.05, 0.1) is 12.9 Å². The summed E-state index contributed by atoms with van der Waals surface area (Å²) in [4.78, 5) is 14.1. The van der Waals surface area contributed by atoms with E-state index in [4.69, 9.17) is 4.74 Å². The highest BCUT2D eigenvalue weighted by Gasteiger charge is 2.28. The molecule has 0 atom stereocenters. The fourth-order valence-corrected chi connectivity index (χ4v) is 4.60. The molecule has 2 aromatic carbocycles. The van der Waals surface area contributed by atoms with Crippen molar-refractivity contribution in [3.05, 3.63) is 71.8 Å². The molecule has 1 saturated heterocycles. The van der Waals surface area contributed by atoms with Gasteiger partial charge in [0, 0.05) is 32.3 Å². The van der Waals surface area contributed by atoms with E-state index in [0.717, 1.165) is 16.9 Å². The van der Waals surface area contributed by atoms with Crippen LogP contribution in [0.25, 0.3) is 6.08 Å². The van der Waals surface area contributed by atoms with Crippen LogP contribution in [0.5, 0.6) is 5.75 Å². The van der Waals surface area contributed by atoms with Crippen LogP contribution < -0.4 is 4.74 Å². The second-order valence-electron chi connectivity index (χ2n) is 6.58. The van der Waals surface area contributed by atoms with E-state index in [1.54, 1.807) is 30.2 Å². The van der Waals surface area contributed by atoms with E-state index in [-0.39, 0.29) is 11.7 Å². The van der Waals surface area contributed by atoms with E-state index < -0.39 is 10.0 Å². The van der Waals surface area contributed by atoms with Crippen LogP contribution in [0.2, 0.25) is 0 Å². The summed E-state index contributed by atoms with van der Waals surface area (Å²) in [5.41, 5.74) is 1.64. The molecule has 1 amide bonds. The monoisotopic (exact) mass is 400 g/mol. The molecule has 0 spiro atoms. The smallest absolute Gasteiger partial charge is 0.246 e. The van der Waals surface area contributed by atoms with Gasteiger partial charge in [0.1, 0.15) is 5.75 Å². The van der Waals surface area contributed by atoms with Gasteiger partial charge in [-0.15, -0.1) is 0 Å². The second kappa shape index (κ2) is 9.03. The Bertz CT molecular complexity index is 934. The van der Waals surface area contributed by atoms with E-state index in [9.17, 15) is 13.2 Å². The summed E-state index contributed by atoms with van der Waals surface area (Å²) in [5.74, 6) is 0.590. The minimum atomic E-state index is -3.39. The van der Waals surface area contributed by atoms with Crippen LogP contribution in [-0.2, 0) is 20.6 Å². The van der Waals surface area contributed by atoms with Gasteiger partial charge in [-0.05, 0) is 29.3 Å². The summed E-state index contributed by atoms with van der Waals surface area (Å²) >= 11 is 0. The molecule has 1 aliphatic rings. The molecule has 3 rings (SSSR count). The molecule has 0 bridgehead atoms. The average Bonchev–Trinajstić information content (AvgIpc) is 2.72. The predicted octanol–water partition coefficient (Wildman–Crippen LogP) is 2.38. The minimum absolute atomic E-state index is 0.0163. The zero-order valence-corrected chi connectivity index (χ0v) is 16.6. The van der Waals surface area contributed by atoms with E-state index in [0.29, 0.717) is 26.2 Å². The Morgan fingerprint density at radius 2 is 1.75 bits per heavy atom. The quantitative estimate of drug-likeness (QED) is 0.699. The van der Waals surface area contributed by atoms with Crippen molar-refractivity contribution in [2.45, 2.75) is 5.75 Å². The van der Waals surface area contributed by atoms with Gasteiger partial charge < -0.3 is 9.64 Å². The molecular formula is C21H24N2O4S. The van der Waals surface area contributed by atoms with Crippen molar-refractivity contribution in [3.8, 4) is 5.75 Å². The number of amides is 1. The van der Waals surface area contributed by atoms with E-state index in [2.05, 4.69) is 0 Å². The normalized spacial score (nSPS) is 15.7. The molecular weight excluding hydrogens is 376 g/mol. The molecule has 148 valence electrons. The number of nitrogens with zero attached hydrogens (tertiary/aromatic N) is 2. The average molecular weight is 401 g/mol. The van der Waals surface area contributed by atoms with E-state index in [1.807, 2.05) is 42.5 Å². The summed E-state index contributed by atoms with van der Waals surface area (Å²) in [6.07, 6.45) is 3.26. The van der Waals surface area contributed by atoms with Crippen LogP contribution in [-0.4, -0.2) is 56.8 Å². The van der Waals surface area contributed by atoms with Crippen molar-refractivity contribution >= 4 is 22.0 Å². The van der Waals surface area contributed by atoms with Gasteiger partial charge in [-0.2, -0.15) is 4.31 Å². The molecule has 2 aromatic rings. The topological polar surface area (TPSA) is 66.9 Å². The number of carbonyl (C=O) groups excluding carboxylic acids is 1. The zero-order chi connectivity index (χ0) is 20.0. The van der Waals surface area contributed by atoms with Gasteiger partial charge in [0.15, 0.2) is 0 Å². The number of hydrogen-bond acceptors (Lipinski definition) is 4. The number of piperazine rings is 1. The lowest BCUT2D eigenvalue weighted by atomic mass is 10.2. The van der Waals surface area contributed by atoms with Crippen LogP contribution in [0.15, 0.2) is 60.7 Å². The Hall–Kier alpha value is -2.64. The van der Waals surface area contributed by atoms with Gasteiger partial charge in [0.25, 0.3) is 0 Å². The van der Waals surface area contributed by atoms with Crippen molar-refractivity contribution in [2.24, 2.45) is 0 Å². The maximum absolute atomic E-state index is 12.6. The molecule has 0 N–H and O–H groups in total. The van der Waals surface area contributed by atoms with Gasteiger partial charge in [0.2, 0.25) is 15.9 Å². The molecule has 0 radical (unpaired) electrons. The number of hydrogen-bond donors (Lipinski definition) is 0. The van der Waals surface area contributed by atoms with Gasteiger partial charge in [-0.25, -0.2) is 8.42 Å². The number of ether oxygens (including phenoxy) is 1. The molecule has 0 aromatic heterocycles. The zero-order valence-electron chi connectivity index (χ0n) is 15.8. The minimum Gasteiger partial charge on any atom is -0.497 e. The number of rotatable bonds is 6. The highest BCUT2D eigenvalue weighted by molar-refractivity contribution is 7.88. The maximum Gasteiger partial charge on any atom is 0.246 e. The first-order valence-corrected chi connectivity index (χ1v) is 10.7. The van der Waals surface area contributed by atoms with Crippen molar-refractivity contribution in [1.82, 2.24) is 9.21 Å². The first-order chi connectivity index (χ1) is 13.5. The van der Waals surface area contributed by atoms with Gasteiger partial charge >= 0.3 is 0 Å². The number of sulfonamides is 1. The lowest BCUT2D eigenvalue weighted by molar-refractivity contribution is -0.127. The standard InChI is InChI=1S/C21H24N2O4S/c1-27-20-9-5-8-18(16-20)10-11-21(24)22-12-14-23(15-13-22)28(25,26)17-19-6-3-2-4-7-19/h2-11,16H,12-15,17H2,1H3. The fourth-order valence-electron chi connectivity index (χ4n) is 3.08. The lowest BCUT2D eigenvalue weighted by Crippen LogP contribution is -2.50. The Morgan fingerprint density at radius 3 is 2.43 bits per heavy atom. The summed E-state index contributed by atoms with van der Waals surface area (Å²) < 4.78 is 31.8. The lowest BCUT2D eigenvalue weighted by Gasteiger charge is -2.33. The predicted molar refractivity (Wildman–Crippen MR) is 109 cm³/mol. The van der Waals surface area contributed by atoms with Crippen LogP contribution in [0.1, 0.15) is 11.1 Å². The Morgan fingerprint density at radius 1 is 1.04 bits per heavy atom. The first kappa shape index (κ1) is 20.1. The van der Waals surface area contributed by atoms with Crippen molar-refractivity contribution < 1.29 is 17.9 Å². The maximum atomic E-state index is 12.6. The fraction of sp³-hybridized carbons (Fsp3) is 0.286. The third kappa shape index (κ3) is 5.21. The Labute approximate surface area is 166 Å². The summed E-state index contributed by atoms with van der Waals surface area (Å²) in [5, 5.41) is 0. The third-order valence-electron chi connectivity index (χ3n) is 4.65. The molecule has 28 heavy (non-hydrogen) atoms. The van der Waals surface area contributed by atoms with Crippen LogP contribution in [0.3, 0.4) is 0 Å². The van der Waals surface area contributed by atoms with E-state index in [1.165, 1.54) is 10.4 Å². The van der Waals surface area contributed by atoms with Gasteiger partial charge in [-0.3, -0.25) is 4.79 Å². The largest absolute Gasteiger partial charge is 0.497 e. The van der Waals surface area contributed by atoms with Crippen molar-refractivity contribution in [1.29, 1.82) is 0 Å². The Kier molecular flexibility index (Phi) is 6.49. The van der Waals surface area contributed by atoms with Crippen molar-refractivity contribution in [3.63, 3.8) is 0 Å². The molecule has 1 heterocycles. The Balaban J connectivity index is 1.55. The molecule has 0 unspecified atom stereocenters. The molecule has 6 nitrogen and oxygen atoms in total. The van der Waals surface area contributed by atoms with Crippen LogP contribution in [0.4, 0.5) is 0 Å². The molecule has 0 aliphatic carbocycles. The third-order valence-corrected chi connectivity index (χ3v) is 6.50. The molecule has 7 heteroatoms. The SMILES string of the molecule is COc1cccc(C=CC(=O)N2CCN(S(=O)(=O)Cc3ccccc3)CC2)c1. The summed E-state index contributed by atoms with van der Waals surface area (Å²) in [6.45, 7) is 1.40. The summed E-state index contributed by atoms with van der Waals surface area (Å²) in [6, 6.07) is 16.6. The molecule has 1 aliphatic heterocycles. The second-order valence-corrected chi connectivity index (χ2v) is 8.55. The van der Waals surface area contributed by atoms with Crippen LogP contribution >= 0.6 is 0 Å².